The van der Waals surface area contributed by atoms with E-state index in [2.05, 4.69) is 17.3 Å². The normalized spacial score (nSPS) is 10.6. The molecule has 2 aromatic rings. The highest BCUT2D eigenvalue weighted by Gasteiger charge is 2.12. The molecule has 0 aliphatic heterocycles. The molecular formula is C15H18Cl2N4S. The Hall–Kier alpha value is -1.30. The van der Waals surface area contributed by atoms with Crippen LogP contribution < -0.4 is 5.32 Å². The van der Waals surface area contributed by atoms with Gasteiger partial charge in [0.05, 0.1) is 21.4 Å². The number of aromatic nitrogens is 2. The highest BCUT2D eigenvalue weighted by atomic mass is 35.5. The summed E-state index contributed by atoms with van der Waals surface area (Å²) in [5, 5.41) is 9.11. The summed E-state index contributed by atoms with van der Waals surface area (Å²) in [6.45, 7) is 5.59. The van der Waals surface area contributed by atoms with Crippen LogP contribution in [-0.2, 0) is 13.1 Å². The van der Waals surface area contributed by atoms with Gasteiger partial charge in [0.2, 0.25) is 0 Å². The zero-order valence-electron chi connectivity index (χ0n) is 12.7. The smallest absolute Gasteiger partial charge is 0.173 e. The molecule has 1 heterocycles. The second-order valence-corrected chi connectivity index (χ2v) is 6.15. The van der Waals surface area contributed by atoms with Crippen LogP contribution in [0.5, 0.6) is 0 Å². The van der Waals surface area contributed by atoms with Crippen LogP contribution in [0, 0.1) is 6.92 Å². The highest BCUT2D eigenvalue weighted by molar-refractivity contribution is 7.80. The van der Waals surface area contributed by atoms with Gasteiger partial charge in [0.15, 0.2) is 5.11 Å². The Morgan fingerprint density at radius 1 is 1.41 bits per heavy atom. The zero-order chi connectivity index (χ0) is 16.3. The number of aryl methyl sites for hydroxylation is 2. The molecule has 22 heavy (non-hydrogen) atoms. The topological polar surface area (TPSA) is 33.1 Å². The van der Waals surface area contributed by atoms with Gasteiger partial charge in [0, 0.05) is 31.9 Å². The molecule has 0 aliphatic rings. The number of benzene rings is 1. The molecule has 2 rings (SSSR count). The van der Waals surface area contributed by atoms with Gasteiger partial charge in [-0.15, -0.1) is 0 Å². The fourth-order valence-electron chi connectivity index (χ4n) is 2.01. The number of nitrogens with one attached hydrogen (secondary N) is 1. The fraction of sp³-hybridized carbons (Fsp3) is 0.333. The van der Waals surface area contributed by atoms with Crippen LogP contribution in [0.25, 0.3) is 0 Å². The van der Waals surface area contributed by atoms with E-state index in [0.29, 0.717) is 27.4 Å². The van der Waals surface area contributed by atoms with Gasteiger partial charge in [-0.05, 0) is 38.2 Å². The maximum Gasteiger partial charge on any atom is 0.173 e. The number of hydrogen-bond donors (Lipinski definition) is 1. The average Bonchev–Trinajstić information content (AvgIpc) is 2.84. The van der Waals surface area contributed by atoms with Gasteiger partial charge in [0.1, 0.15) is 0 Å². The summed E-state index contributed by atoms with van der Waals surface area (Å²) in [4.78, 5) is 1.94. The predicted octanol–water partition coefficient (Wildman–Crippen LogP) is 4.35. The lowest BCUT2D eigenvalue weighted by molar-refractivity contribution is 0.506. The van der Waals surface area contributed by atoms with Crippen LogP contribution in [0.1, 0.15) is 18.2 Å². The molecule has 0 unspecified atom stereocenters. The van der Waals surface area contributed by atoms with Crippen molar-refractivity contribution in [1.29, 1.82) is 0 Å². The quantitative estimate of drug-likeness (QED) is 0.825. The minimum absolute atomic E-state index is 0.467. The third-order valence-electron chi connectivity index (χ3n) is 3.32. The van der Waals surface area contributed by atoms with Crippen molar-refractivity contribution in [2.45, 2.75) is 26.9 Å². The van der Waals surface area contributed by atoms with Crippen LogP contribution in [0.3, 0.4) is 0 Å². The molecule has 118 valence electrons. The number of thiocarbonyl (C=S) groups is 1. The van der Waals surface area contributed by atoms with Gasteiger partial charge in [-0.1, -0.05) is 29.3 Å². The monoisotopic (exact) mass is 356 g/mol. The molecule has 1 N–H and O–H groups in total. The first kappa shape index (κ1) is 17.1. The van der Waals surface area contributed by atoms with Gasteiger partial charge in [-0.3, -0.25) is 4.68 Å². The molecule has 1 aromatic heterocycles. The van der Waals surface area contributed by atoms with Crippen molar-refractivity contribution < 1.29 is 0 Å². The minimum Gasteiger partial charge on any atom is -0.348 e. The van der Waals surface area contributed by atoms with Gasteiger partial charge in [-0.25, -0.2) is 0 Å². The SMILES string of the molecule is CCn1cc(CN(C)C(=S)Nc2cccc(Cl)c2Cl)c(C)n1. The van der Waals surface area contributed by atoms with E-state index in [4.69, 9.17) is 35.4 Å². The summed E-state index contributed by atoms with van der Waals surface area (Å²) in [6, 6.07) is 5.41. The molecule has 0 atom stereocenters. The van der Waals surface area contributed by atoms with E-state index in [-0.39, 0.29) is 0 Å². The molecule has 0 fully saturated rings. The maximum absolute atomic E-state index is 6.16. The summed E-state index contributed by atoms with van der Waals surface area (Å²) < 4.78 is 1.92. The number of halogens is 2. The van der Waals surface area contributed by atoms with E-state index >= 15 is 0 Å². The average molecular weight is 357 g/mol. The third-order valence-corrected chi connectivity index (χ3v) is 4.55. The Labute approximate surface area is 146 Å². The summed E-state index contributed by atoms with van der Waals surface area (Å²) in [7, 11) is 1.93. The Balaban J connectivity index is 2.06. The summed E-state index contributed by atoms with van der Waals surface area (Å²) in [5.41, 5.74) is 2.86. The summed E-state index contributed by atoms with van der Waals surface area (Å²) in [6.07, 6.45) is 2.04. The number of hydrogen-bond acceptors (Lipinski definition) is 2. The summed E-state index contributed by atoms with van der Waals surface area (Å²) >= 11 is 17.6. The van der Waals surface area contributed by atoms with Crippen molar-refractivity contribution in [2.24, 2.45) is 0 Å². The van der Waals surface area contributed by atoms with Gasteiger partial charge in [-0.2, -0.15) is 5.10 Å². The Morgan fingerprint density at radius 2 is 2.14 bits per heavy atom. The van der Waals surface area contributed by atoms with Crippen molar-refractivity contribution in [3.8, 4) is 0 Å². The molecule has 7 heteroatoms. The lowest BCUT2D eigenvalue weighted by Gasteiger charge is -2.21. The largest absolute Gasteiger partial charge is 0.348 e. The van der Waals surface area contributed by atoms with E-state index in [1.165, 1.54) is 0 Å². The molecule has 0 saturated heterocycles. The van der Waals surface area contributed by atoms with Crippen molar-refractivity contribution in [3.05, 3.63) is 45.7 Å². The standard InChI is InChI=1S/C15H18Cl2N4S/c1-4-21-9-11(10(2)19-21)8-20(3)15(22)18-13-7-5-6-12(16)14(13)17/h5-7,9H,4,8H2,1-3H3,(H,18,22). The second-order valence-electron chi connectivity index (χ2n) is 4.98. The molecule has 0 saturated carbocycles. The van der Waals surface area contributed by atoms with E-state index in [1.54, 1.807) is 6.07 Å². The summed E-state index contributed by atoms with van der Waals surface area (Å²) in [5.74, 6) is 0. The molecule has 0 bridgehead atoms. The van der Waals surface area contributed by atoms with E-state index in [1.807, 2.05) is 41.9 Å². The van der Waals surface area contributed by atoms with E-state index in [0.717, 1.165) is 17.8 Å². The van der Waals surface area contributed by atoms with Gasteiger partial charge >= 0.3 is 0 Å². The first-order chi connectivity index (χ1) is 10.4. The lowest BCUT2D eigenvalue weighted by atomic mass is 10.2. The van der Waals surface area contributed by atoms with Crippen LogP contribution in [0.15, 0.2) is 24.4 Å². The molecule has 0 spiro atoms. The molecular weight excluding hydrogens is 339 g/mol. The lowest BCUT2D eigenvalue weighted by Crippen LogP contribution is -2.30. The Bertz CT molecular complexity index is 684. The number of rotatable bonds is 4. The minimum atomic E-state index is 0.467. The van der Waals surface area contributed by atoms with Crippen LogP contribution in [0.4, 0.5) is 5.69 Å². The zero-order valence-corrected chi connectivity index (χ0v) is 15.1. The van der Waals surface area contributed by atoms with Crippen molar-refractivity contribution in [3.63, 3.8) is 0 Å². The Kier molecular flexibility index (Phi) is 5.67. The predicted molar refractivity (Wildman–Crippen MR) is 96.8 cm³/mol. The van der Waals surface area contributed by atoms with Crippen molar-refractivity contribution in [2.75, 3.05) is 12.4 Å². The molecule has 0 amide bonds. The molecule has 0 radical (unpaired) electrons. The first-order valence-electron chi connectivity index (χ1n) is 6.91. The fourth-order valence-corrected chi connectivity index (χ4v) is 2.54. The van der Waals surface area contributed by atoms with Crippen molar-refractivity contribution in [1.82, 2.24) is 14.7 Å². The number of nitrogens with zero attached hydrogens (tertiary/aromatic N) is 3. The molecule has 0 aliphatic carbocycles. The van der Waals surface area contributed by atoms with Gasteiger partial charge in [0.25, 0.3) is 0 Å². The number of anilines is 1. The molecule has 1 aromatic carbocycles. The second kappa shape index (κ2) is 7.31. The maximum atomic E-state index is 6.16. The van der Waals surface area contributed by atoms with E-state index in [9.17, 15) is 0 Å². The van der Waals surface area contributed by atoms with Crippen molar-refractivity contribution >= 4 is 46.2 Å². The van der Waals surface area contributed by atoms with Crippen LogP contribution in [-0.4, -0.2) is 26.8 Å². The van der Waals surface area contributed by atoms with Gasteiger partial charge < -0.3 is 10.2 Å². The molecule has 4 nitrogen and oxygen atoms in total. The first-order valence-corrected chi connectivity index (χ1v) is 8.07. The van der Waals surface area contributed by atoms with Crippen LogP contribution >= 0.6 is 35.4 Å². The van der Waals surface area contributed by atoms with E-state index < -0.39 is 0 Å². The third kappa shape index (κ3) is 3.91. The van der Waals surface area contributed by atoms with Crippen LogP contribution in [0.2, 0.25) is 10.0 Å². The Morgan fingerprint density at radius 3 is 2.77 bits per heavy atom. The highest BCUT2D eigenvalue weighted by Crippen LogP contribution is 2.29.